The standard InChI is InChI=1S/C8H16O4/c1-3-4-7(9)6(2)5-12-8(10)11/h6-7,9H,3-5H2,1-2H3,(H,10,11). The molecule has 0 rings (SSSR count). The van der Waals surface area contributed by atoms with E-state index in [0.717, 1.165) is 6.42 Å². The van der Waals surface area contributed by atoms with Crippen LogP contribution in [0.4, 0.5) is 4.79 Å². The molecular weight excluding hydrogens is 160 g/mol. The first-order valence-electron chi connectivity index (χ1n) is 4.11. The lowest BCUT2D eigenvalue weighted by molar-refractivity contribution is 0.0359. The Kier molecular flexibility index (Phi) is 5.45. The molecule has 0 spiro atoms. The highest BCUT2D eigenvalue weighted by atomic mass is 16.7. The van der Waals surface area contributed by atoms with Crippen molar-refractivity contribution in [3.63, 3.8) is 0 Å². The van der Waals surface area contributed by atoms with Gasteiger partial charge in [-0.05, 0) is 6.42 Å². The number of aliphatic hydroxyl groups excluding tert-OH is 1. The normalized spacial score (nSPS) is 15.2. The van der Waals surface area contributed by atoms with Crippen molar-refractivity contribution in [3.05, 3.63) is 0 Å². The molecule has 0 aromatic heterocycles. The van der Waals surface area contributed by atoms with Crippen LogP contribution in [0.15, 0.2) is 0 Å². The second-order valence-corrected chi connectivity index (χ2v) is 2.91. The number of carbonyl (C=O) groups is 1. The van der Waals surface area contributed by atoms with Gasteiger partial charge in [-0.2, -0.15) is 0 Å². The number of hydrogen-bond donors (Lipinski definition) is 2. The maximum Gasteiger partial charge on any atom is 0.505 e. The summed E-state index contributed by atoms with van der Waals surface area (Å²) in [5, 5.41) is 17.5. The third kappa shape index (κ3) is 4.96. The van der Waals surface area contributed by atoms with Crippen molar-refractivity contribution in [1.82, 2.24) is 0 Å². The summed E-state index contributed by atoms with van der Waals surface area (Å²) in [4.78, 5) is 9.98. The van der Waals surface area contributed by atoms with Gasteiger partial charge in [0, 0.05) is 5.92 Å². The minimum Gasteiger partial charge on any atom is -0.450 e. The van der Waals surface area contributed by atoms with Gasteiger partial charge < -0.3 is 14.9 Å². The van der Waals surface area contributed by atoms with E-state index in [1.54, 1.807) is 6.92 Å². The van der Waals surface area contributed by atoms with Gasteiger partial charge in [0.2, 0.25) is 0 Å². The molecular formula is C8H16O4. The number of aliphatic hydroxyl groups is 1. The molecule has 0 aliphatic heterocycles. The molecule has 0 saturated carbocycles. The van der Waals surface area contributed by atoms with Gasteiger partial charge in [0.1, 0.15) is 0 Å². The minimum atomic E-state index is -1.29. The Labute approximate surface area is 72.2 Å². The van der Waals surface area contributed by atoms with Crippen molar-refractivity contribution >= 4 is 6.16 Å². The van der Waals surface area contributed by atoms with E-state index in [2.05, 4.69) is 4.74 Å². The molecule has 0 aromatic carbocycles. The second-order valence-electron chi connectivity index (χ2n) is 2.91. The molecule has 4 nitrogen and oxygen atoms in total. The van der Waals surface area contributed by atoms with Crippen molar-refractivity contribution in [2.75, 3.05) is 6.61 Å². The van der Waals surface area contributed by atoms with E-state index < -0.39 is 12.3 Å². The Hall–Kier alpha value is -0.770. The summed E-state index contributed by atoms with van der Waals surface area (Å²) >= 11 is 0. The molecule has 0 heterocycles. The largest absolute Gasteiger partial charge is 0.505 e. The summed E-state index contributed by atoms with van der Waals surface area (Å²) in [5.74, 6) is -0.124. The number of hydrogen-bond acceptors (Lipinski definition) is 3. The Morgan fingerprint density at radius 2 is 2.17 bits per heavy atom. The third-order valence-electron chi connectivity index (χ3n) is 1.71. The SMILES string of the molecule is CCCC(O)C(C)COC(=O)O. The van der Waals surface area contributed by atoms with Gasteiger partial charge in [0.25, 0.3) is 0 Å². The Bertz CT molecular complexity index is 135. The molecule has 0 aliphatic carbocycles. The number of rotatable bonds is 5. The van der Waals surface area contributed by atoms with Crippen LogP contribution in [0, 0.1) is 5.92 Å². The molecule has 2 N–H and O–H groups in total. The summed E-state index contributed by atoms with van der Waals surface area (Å²) in [6, 6.07) is 0. The summed E-state index contributed by atoms with van der Waals surface area (Å²) in [6.07, 6.45) is -0.178. The van der Waals surface area contributed by atoms with Crippen molar-refractivity contribution in [2.24, 2.45) is 5.92 Å². The number of ether oxygens (including phenoxy) is 1. The lowest BCUT2D eigenvalue weighted by Gasteiger charge is -2.16. The topological polar surface area (TPSA) is 66.8 Å². The molecule has 4 heteroatoms. The van der Waals surface area contributed by atoms with E-state index in [9.17, 15) is 9.90 Å². The second kappa shape index (κ2) is 5.83. The highest BCUT2D eigenvalue weighted by Crippen LogP contribution is 2.09. The summed E-state index contributed by atoms with van der Waals surface area (Å²) < 4.78 is 4.33. The van der Waals surface area contributed by atoms with Crippen LogP contribution < -0.4 is 0 Å². The average Bonchev–Trinajstić information content (AvgIpc) is 2.00. The van der Waals surface area contributed by atoms with Crippen LogP contribution in [-0.2, 0) is 4.74 Å². The van der Waals surface area contributed by atoms with Gasteiger partial charge in [-0.15, -0.1) is 0 Å². The van der Waals surface area contributed by atoms with Crippen LogP contribution in [0.1, 0.15) is 26.7 Å². The van der Waals surface area contributed by atoms with Crippen molar-refractivity contribution in [1.29, 1.82) is 0 Å². The van der Waals surface area contributed by atoms with Crippen molar-refractivity contribution < 1.29 is 19.7 Å². The van der Waals surface area contributed by atoms with Gasteiger partial charge in [-0.1, -0.05) is 20.3 Å². The molecule has 2 unspecified atom stereocenters. The van der Waals surface area contributed by atoms with Crippen LogP contribution in [-0.4, -0.2) is 29.1 Å². The lowest BCUT2D eigenvalue weighted by atomic mass is 10.0. The lowest BCUT2D eigenvalue weighted by Crippen LogP contribution is -2.23. The Balaban J connectivity index is 3.55. The average molecular weight is 176 g/mol. The van der Waals surface area contributed by atoms with Gasteiger partial charge in [0.15, 0.2) is 0 Å². The van der Waals surface area contributed by atoms with Crippen molar-refractivity contribution in [2.45, 2.75) is 32.8 Å². The highest BCUT2D eigenvalue weighted by molar-refractivity contribution is 5.56. The van der Waals surface area contributed by atoms with E-state index >= 15 is 0 Å². The third-order valence-corrected chi connectivity index (χ3v) is 1.71. The smallest absolute Gasteiger partial charge is 0.450 e. The van der Waals surface area contributed by atoms with Crippen molar-refractivity contribution in [3.8, 4) is 0 Å². The summed E-state index contributed by atoms with van der Waals surface area (Å²) in [5.41, 5.74) is 0. The van der Waals surface area contributed by atoms with Gasteiger partial charge in [-0.25, -0.2) is 4.79 Å². The molecule has 0 radical (unpaired) electrons. The molecule has 0 aliphatic rings. The zero-order valence-corrected chi connectivity index (χ0v) is 7.49. The van der Waals surface area contributed by atoms with Gasteiger partial charge >= 0.3 is 6.16 Å². The Morgan fingerprint density at radius 3 is 2.58 bits per heavy atom. The fourth-order valence-electron chi connectivity index (χ4n) is 0.894. The Morgan fingerprint density at radius 1 is 1.58 bits per heavy atom. The first-order valence-corrected chi connectivity index (χ1v) is 4.11. The molecule has 0 saturated heterocycles. The molecule has 2 atom stereocenters. The molecule has 0 fully saturated rings. The number of carboxylic acid groups (broad SMARTS) is 1. The predicted octanol–water partition coefficient (Wildman–Crippen LogP) is 1.48. The van der Waals surface area contributed by atoms with E-state index in [4.69, 9.17) is 5.11 Å². The fourth-order valence-corrected chi connectivity index (χ4v) is 0.894. The van der Waals surface area contributed by atoms with Gasteiger partial charge in [0.05, 0.1) is 12.7 Å². The van der Waals surface area contributed by atoms with E-state index in [-0.39, 0.29) is 12.5 Å². The monoisotopic (exact) mass is 176 g/mol. The minimum absolute atomic E-state index is 0.0660. The van der Waals surface area contributed by atoms with E-state index in [1.807, 2.05) is 6.92 Å². The van der Waals surface area contributed by atoms with Crippen LogP contribution in [0.2, 0.25) is 0 Å². The first-order chi connectivity index (χ1) is 5.57. The maximum absolute atomic E-state index is 9.98. The van der Waals surface area contributed by atoms with Crippen LogP contribution in [0.5, 0.6) is 0 Å². The quantitative estimate of drug-likeness (QED) is 0.622. The molecule has 0 amide bonds. The molecule has 12 heavy (non-hydrogen) atoms. The highest BCUT2D eigenvalue weighted by Gasteiger charge is 2.14. The zero-order chi connectivity index (χ0) is 9.56. The van der Waals surface area contributed by atoms with Crippen LogP contribution in [0.25, 0.3) is 0 Å². The molecule has 0 aromatic rings. The maximum atomic E-state index is 9.98. The summed E-state index contributed by atoms with van der Waals surface area (Å²) in [6.45, 7) is 3.80. The molecule has 72 valence electrons. The van der Waals surface area contributed by atoms with E-state index in [0.29, 0.717) is 6.42 Å². The summed E-state index contributed by atoms with van der Waals surface area (Å²) in [7, 11) is 0. The fraction of sp³-hybridized carbons (Fsp3) is 0.875. The van der Waals surface area contributed by atoms with Crippen LogP contribution >= 0.6 is 0 Å². The van der Waals surface area contributed by atoms with E-state index in [1.165, 1.54) is 0 Å². The zero-order valence-electron chi connectivity index (χ0n) is 7.49. The van der Waals surface area contributed by atoms with Crippen LogP contribution in [0.3, 0.4) is 0 Å². The first kappa shape index (κ1) is 11.2. The molecule has 0 bridgehead atoms. The predicted molar refractivity (Wildman–Crippen MR) is 44.1 cm³/mol. The van der Waals surface area contributed by atoms with Gasteiger partial charge in [-0.3, -0.25) is 0 Å².